The lowest BCUT2D eigenvalue weighted by Crippen LogP contribution is -2.45. The highest BCUT2D eigenvalue weighted by molar-refractivity contribution is 9.11. The summed E-state index contributed by atoms with van der Waals surface area (Å²) in [6, 6.07) is 8.68. The maximum Gasteiger partial charge on any atom is 0.0717 e. The van der Waals surface area contributed by atoms with Gasteiger partial charge < -0.3 is 11.1 Å². The quantitative estimate of drug-likeness (QED) is 0.597. The lowest BCUT2D eigenvalue weighted by Gasteiger charge is -2.35. The topological polar surface area (TPSA) is 41.3 Å². The Morgan fingerprint density at radius 1 is 1.17 bits per heavy atom. The van der Waals surface area contributed by atoms with Crippen molar-refractivity contribution < 1.29 is 0 Å². The Bertz CT molecular complexity index is 619. The molecule has 23 heavy (non-hydrogen) atoms. The van der Waals surface area contributed by atoms with Gasteiger partial charge in [0.25, 0.3) is 0 Å². The predicted octanol–water partition coefficient (Wildman–Crippen LogP) is 4.69. The molecule has 2 aromatic rings. The molecule has 1 atom stereocenters. The lowest BCUT2D eigenvalue weighted by atomic mass is 10.0. The van der Waals surface area contributed by atoms with Crippen molar-refractivity contribution in [1.82, 2.24) is 10.2 Å². The van der Waals surface area contributed by atoms with E-state index in [1.165, 1.54) is 10.4 Å². The summed E-state index contributed by atoms with van der Waals surface area (Å²) >= 11 is 8.95. The fourth-order valence-corrected chi connectivity index (χ4v) is 4.88. The van der Waals surface area contributed by atoms with Gasteiger partial charge in [-0.05, 0) is 45.1 Å². The molecule has 2 heterocycles. The Kier molecular flexibility index (Phi) is 8.87. The zero-order valence-electron chi connectivity index (χ0n) is 12.3. The van der Waals surface area contributed by atoms with Crippen molar-refractivity contribution in [2.75, 3.05) is 31.9 Å². The molecule has 1 aliphatic rings. The Morgan fingerprint density at radius 3 is 2.48 bits per heavy atom. The average molecular weight is 504 g/mol. The zero-order chi connectivity index (χ0) is 14.8. The molecule has 0 saturated carbocycles. The smallest absolute Gasteiger partial charge is 0.0717 e. The summed E-state index contributed by atoms with van der Waals surface area (Å²) in [5.74, 6) is 0. The number of piperazine rings is 1. The van der Waals surface area contributed by atoms with Crippen LogP contribution in [0.3, 0.4) is 0 Å². The first kappa shape index (κ1) is 21.2. The molecule has 128 valence electrons. The van der Waals surface area contributed by atoms with Crippen molar-refractivity contribution in [3.8, 4) is 0 Å². The largest absolute Gasteiger partial charge is 0.398 e. The molecule has 3 rings (SSSR count). The minimum atomic E-state index is 0. The van der Waals surface area contributed by atoms with Gasteiger partial charge in [0.2, 0.25) is 0 Å². The third kappa shape index (κ3) is 4.84. The van der Waals surface area contributed by atoms with Gasteiger partial charge in [-0.3, -0.25) is 4.90 Å². The average Bonchev–Trinajstić information content (AvgIpc) is 2.99. The molecule has 0 unspecified atom stereocenters. The maximum absolute atomic E-state index is 6.36. The minimum absolute atomic E-state index is 0. The first-order valence-electron chi connectivity index (χ1n) is 6.89. The summed E-state index contributed by atoms with van der Waals surface area (Å²) in [6.07, 6.45) is 0. The van der Waals surface area contributed by atoms with Gasteiger partial charge in [-0.25, -0.2) is 0 Å². The molecule has 0 aliphatic carbocycles. The summed E-state index contributed by atoms with van der Waals surface area (Å²) in [5.41, 5.74) is 8.36. The minimum Gasteiger partial charge on any atom is -0.398 e. The molecule has 1 aliphatic heterocycles. The third-order valence-corrected chi connectivity index (χ3v) is 5.79. The summed E-state index contributed by atoms with van der Waals surface area (Å²) in [6.45, 7) is 4.12. The number of nitrogens with zero attached hydrogens (tertiary/aromatic N) is 1. The van der Waals surface area contributed by atoms with Crippen molar-refractivity contribution >= 4 is 73.7 Å². The van der Waals surface area contributed by atoms with E-state index in [1.807, 2.05) is 6.07 Å². The molecule has 1 aromatic carbocycles. The van der Waals surface area contributed by atoms with Crippen LogP contribution in [-0.2, 0) is 0 Å². The Balaban J connectivity index is 0.00000132. The molecule has 3 nitrogen and oxygen atoms in total. The fourth-order valence-electron chi connectivity index (χ4n) is 2.75. The van der Waals surface area contributed by atoms with Gasteiger partial charge in [0.15, 0.2) is 0 Å². The number of nitrogens with two attached hydrogens (primary N) is 1. The molecule has 8 heteroatoms. The van der Waals surface area contributed by atoms with E-state index in [4.69, 9.17) is 5.73 Å². The van der Waals surface area contributed by atoms with E-state index >= 15 is 0 Å². The Morgan fingerprint density at radius 2 is 1.87 bits per heavy atom. The Hall–Kier alpha value is 0.180. The van der Waals surface area contributed by atoms with Crippen molar-refractivity contribution in [1.29, 1.82) is 0 Å². The highest BCUT2D eigenvalue weighted by Crippen LogP contribution is 2.39. The zero-order valence-corrected chi connectivity index (χ0v) is 17.9. The second-order valence-corrected chi connectivity index (χ2v) is 7.84. The number of anilines is 1. The van der Waals surface area contributed by atoms with Crippen LogP contribution in [0.5, 0.6) is 0 Å². The van der Waals surface area contributed by atoms with Gasteiger partial charge in [0.05, 0.1) is 11.7 Å². The van der Waals surface area contributed by atoms with Crippen molar-refractivity contribution in [2.45, 2.75) is 6.04 Å². The van der Waals surface area contributed by atoms with Crippen LogP contribution in [0.25, 0.3) is 0 Å². The number of thiophene rings is 1. The number of halogens is 4. The number of nitrogen functional groups attached to an aromatic ring is 1. The number of nitrogens with one attached hydrogen (secondary N) is 1. The van der Waals surface area contributed by atoms with Crippen LogP contribution in [0.15, 0.2) is 38.6 Å². The molecule has 1 fully saturated rings. The van der Waals surface area contributed by atoms with Gasteiger partial charge >= 0.3 is 0 Å². The van der Waals surface area contributed by atoms with Gasteiger partial charge in [-0.15, -0.1) is 36.2 Å². The van der Waals surface area contributed by atoms with E-state index in [0.717, 1.165) is 40.8 Å². The molecule has 0 amide bonds. The predicted molar refractivity (Wildman–Crippen MR) is 111 cm³/mol. The SMILES string of the molecule is Cl.Cl.Nc1c(Br)cc(Br)cc1[C@@H](c1cccs1)N1CCNCC1. The number of hydrogen-bond acceptors (Lipinski definition) is 4. The van der Waals surface area contributed by atoms with Crippen LogP contribution in [0.4, 0.5) is 5.69 Å². The highest BCUT2D eigenvalue weighted by atomic mass is 79.9. The standard InChI is InChI=1S/C15H17Br2N3S.2ClH/c16-10-8-11(14(18)12(17)9-10)15(13-2-1-7-21-13)20-5-3-19-4-6-20;;/h1-2,7-9,15,19H,3-6,18H2;2*1H/t15-;;/m0../s1. The first-order valence-corrected chi connectivity index (χ1v) is 9.36. The monoisotopic (exact) mass is 501 g/mol. The second kappa shape index (κ2) is 9.61. The fraction of sp³-hybridized carbons (Fsp3) is 0.333. The third-order valence-electron chi connectivity index (χ3n) is 3.75. The van der Waals surface area contributed by atoms with Gasteiger partial charge in [0, 0.05) is 40.0 Å². The van der Waals surface area contributed by atoms with Crippen LogP contribution < -0.4 is 11.1 Å². The summed E-state index contributed by atoms with van der Waals surface area (Å²) < 4.78 is 2.00. The highest BCUT2D eigenvalue weighted by Gasteiger charge is 2.27. The van der Waals surface area contributed by atoms with Crippen LogP contribution in [0.2, 0.25) is 0 Å². The molecule has 3 N–H and O–H groups in total. The van der Waals surface area contributed by atoms with E-state index < -0.39 is 0 Å². The van der Waals surface area contributed by atoms with Crippen molar-refractivity contribution in [3.05, 3.63) is 49.0 Å². The number of hydrogen-bond donors (Lipinski definition) is 2. The Labute approximate surface area is 170 Å². The molecule has 0 bridgehead atoms. The number of rotatable bonds is 3. The van der Waals surface area contributed by atoms with Gasteiger partial charge in [-0.2, -0.15) is 0 Å². The van der Waals surface area contributed by atoms with Crippen LogP contribution in [-0.4, -0.2) is 31.1 Å². The normalized spacial score (nSPS) is 16.3. The number of benzene rings is 1. The van der Waals surface area contributed by atoms with Crippen LogP contribution in [0, 0.1) is 0 Å². The van der Waals surface area contributed by atoms with Crippen molar-refractivity contribution in [3.63, 3.8) is 0 Å². The summed E-state index contributed by atoms with van der Waals surface area (Å²) in [5, 5.41) is 5.55. The second-order valence-electron chi connectivity index (χ2n) is 5.09. The van der Waals surface area contributed by atoms with Gasteiger partial charge in [-0.1, -0.05) is 22.0 Å². The van der Waals surface area contributed by atoms with Crippen LogP contribution in [0.1, 0.15) is 16.5 Å². The molecule has 1 saturated heterocycles. The van der Waals surface area contributed by atoms with Crippen molar-refractivity contribution in [2.24, 2.45) is 0 Å². The molecular formula is C15H19Br2Cl2N3S. The van der Waals surface area contributed by atoms with Crippen LogP contribution >= 0.6 is 68.0 Å². The molecule has 1 aromatic heterocycles. The summed E-state index contributed by atoms with van der Waals surface area (Å²) in [4.78, 5) is 3.85. The van der Waals surface area contributed by atoms with E-state index in [2.05, 4.69) is 65.7 Å². The molecule has 0 radical (unpaired) electrons. The van der Waals surface area contributed by atoms with Gasteiger partial charge in [0.1, 0.15) is 0 Å². The maximum atomic E-state index is 6.36. The van der Waals surface area contributed by atoms with E-state index in [0.29, 0.717) is 0 Å². The van der Waals surface area contributed by atoms with E-state index in [-0.39, 0.29) is 30.9 Å². The molecular weight excluding hydrogens is 485 g/mol. The lowest BCUT2D eigenvalue weighted by molar-refractivity contribution is 0.201. The van der Waals surface area contributed by atoms with E-state index in [1.54, 1.807) is 11.3 Å². The van der Waals surface area contributed by atoms with E-state index in [9.17, 15) is 0 Å². The first-order chi connectivity index (χ1) is 10.2. The molecule has 0 spiro atoms. The summed E-state index contributed by atoms with van der Waals surface area (Å²) in [7, 11) is 0.